The predicted molar refractivity (Wildman–Crippen MR) is 58.3 cm³/mol. The van der Waals surface area contributed by atoms with Crippen molar-refractivity contribution >= 4 is 16.7 Å². The van der Waals surface area contributed by atoms with Crippen LogP contribution in [0, 0.1) is 11.3 Å². The van der Waals surface area contributed by atoms with Gasteiger partial charge in [-0.3, -0.25) is 4.79 Å². The Morgan fingerprint density at radius 2 is 2.12 bits per heavy atom. The van der Waals surface area contributed by atoms with E-state index in [9.17, 15) is 9.59 Å². The average molecular weight is 229 g/mol. The fraction of sp³-hybridized carbons (Fsp3) is 0.0909. The topological polar surface area (TPSA) is 95.8 Å². The van der Waals surface area contributed by atoms with Crippen molar-refractivity contribution in [1.29, 1.82) is 5.26 Å². The molecule has 6 heteroatoms. The SMILES string of the molecule is N#CCOC(=O)c1n[nH]c(=O)c2ccccc12. The largest absolute Gasteiger partial charge is 0.445 e. The van der Waals surface area contributed by atoms with Crippen molar-refractivity contribution < 1.29 is 9.53 Å². The number of aromatic amines is 1. The Bertz CT molecular complexity index is 669. The molecule has 84 valence electrons. The highest BCUT2D eigenvalue weighted by atomic mass is 16.5. The lowest BCUT2D eigenvalue weighted by atomic mass is 10.1. The summed E-state index contributed by atoms with van der Waals surface area (Å²) in [6.45, 7) is -0.353. The first-order valence-corrected chi connectivity index (χ1v) is 4.75. The molecule has 0 aliphatic heterocycles. The van der Waals surface area contributed by atoms with Crippen LogP contribution in [0.2, 0.25) is 0 Å². The number of fused-ring (bicyclic) bond motifs is 1. The van der Waals surface area contributed by atoms with Crippen molar-refractivity contribution in [2.24, 2.45) is 0 Å². The summed E-state index contributed by atoms with van der Waals surface area (Å²) >= 11 is 0. The molecule has 0 saturated carbocycles. The van der Waals surface area contributed by atoms with Gasteiger partial charge in [0.1, 0.15) is 6.07 Å². The summed E-state index contributed by atoms with van der Waals surface area (Å²) in [5.74, 6) is -0.737. The number of nitrogens with zero attached hydrogens (tertiary/aromatic N) is 2. The van der Waals surface area contributed by atoms with Crippen LogP contribution < -0.4 is 5.56 Å². The molecule has 0 aliphatic rings. The number of nitriles is 1. The van der Waals surface area contributed by atoms with Gasteiger partial charge in [-0.15, -0.1) is 0 Å². The van der Waals surface area contributed by atoms with E-state index in [0.29, 0.717) is 10.8 Å². The highest BCUT2D eigenvalue weighted by Gasteiger charge is 2.14. The van der Waals surface area contributed by atoms with Crippen molar-refractivity contribution in [1.82, 2.24) is 10.2 Å². The second kappa shape index (κ2) is 4.45. The lowest BCUT2D eigenvalue weighted by Crippen LogP contribution is -2.16. The number of carbonyl (C=O) groups excluding carboxylic acids is 1. The monoisotopic (exact) mass is 229 g/mol. The van der Waals surface area contributed by atoms with Gasteiger partial charge in [-0.2, -0.15) is 10.4 Å². The molecule has 0 radical (unpaired) electrons. The van der Waals surface area contributed by atoms with Gasteiger partial charge in [0.25, 0.3) is 5.56 Å². The van der Waals surface area contributed by atoms with E-state index in [1.165, 1.54) is 0 Å². The lowest BCUT2D eigenvalue weighted by molar-refractivity contribution is 0.0549. The molecule has 0 saturated heterocycles. The Balaban J connectivity index is 2.56. The molecule has 1 aromatic carbocycles. The van der Waals surface area contributed by atoms with Gasteiger partial charge in [0.2, 0.25) is 0 Å². The molecule has 0 atom stereocenters. The summed E-state index contributed by atoms with van der Waals surface area (Å²) in [4.78, 5) is 23.0. The van der Waals surface area contributed by atoms with Crippen LogP contribution in [0.15, 0.2) is 29.1 Å². The van der Waals surface area contributed by atoms with Crippen LogP contribution in [0.3, 0.4) is 0 Å². The molecule has 0 unspecified atom stereocenters. The third kappa shape index (κ3) is 1.99. The van der Waals surface area contributed by atoms with Gasteiger partial charge in [-0.25, -0.2) is 9.89 Å². The third-order valence-electron chi connectivity index (χ3n) is 2.16. The van der Waals surface area contributed by atoms with Gasteiger partial charge in [-0.05, 0) is 6.07 Å². The third-order valence-corrected chi connectivity index (χ3v) is 2.16. The standard InChI is InChI=1S/C11H7N3O3/c12-5-6-17-11(16)9-7-3-1-2-4-8(7)10(15)14-13-9/h1-4H,6H2,(H,14,15). The smallest absolute Gasteiger partial charge is 0.360 e. The highest BCUT2D eigenvalue weighted by molar-refractivity contribution is 6.01. The molecule has 1 heterocycles. The molecule has 17 heavy (non-hydrogen) atoms. The van der Waals surface area contributed by atoms with E-state index < -0.39 is 5.97 Å². The van der Waals surface area contributed by atoms with Crippen LogP contribution in [-0.2, 0) is 4.74 Å². The van der Waals surface area contributed by atoms with Crippen molar-refractivity contribution in [2.45, 2.75) is 0 Å². The second-order valence-corrected chi connectivity index (χ2v) is 3.18. The summed E-state index contributed by atoms with van der Waals surface area (Å²) in [6, 6.07) is 8.23. The molecule has 1 N–H and O–H groups in total. The fourth-order valence-electron chi connectivity index (χ4n) is 1.44. The molecule has 2 rings (SSSR count). The summed E-state index contributed by atoms with van der Waals surface area (Å²) in [7, 11) is 0. The number of hydrogen-bond acceptors (Lipinski definition) is 5. The van der Waals surface area contributed by atoms with Crippen molar-refractivity contribution in [2.75, 3.05) is 6.61 Å². The lowest BCUT2D eigenvalue weighted by Gasteiger charge is -2.02. The number of H-pyrrole nitrogens is 1. The molecule has 0 aliphatic carbocycles. The Morgan fingerprint density at radius 3 is 2.82 bits per heavy atom. The Hall–Kier alpha value is -2.68. The number of aromatic nitrogens is 2. The van der Waals surface area contributed by atoms with E-state index in [-0.39, 0.29) is 17.9 Å². The maximum absolute atomic E-state index is 11.6. The van der Waals surface area contributed by atoms with E-state index >= 15 is 0 Å². The van der Waals surface area contributed by atoms with Gasteiger partial charge in [0, 0.05) is 5.39 Å². The zero-order chi connectivity index (χ0) is 12.3. The van der Waals surface area contributed by atoms with Crippen LogP contribution >= 0.6 is 0 Å². The molecule has 0 amide bonds. The number of nitrogens with one attached hydrogen (secondary N) is 1. The van der Waals surface area contributed by atoms with E-state index in [4.69, 9.17) is 5.26 Å². The van der Waals surface area contributed by atoms with Gasteiger partial charge in [0.15, 0.2) is 12.3 Å². The number of rotatable bonds is 2. The molecule has 1 aromatic heterocycles. The maximum Gasteiger partial charge on any atom is 0.360 e. The number of esters is 1. The normalized spacial score (nSPS) is 9.82. The van der Waals surface area contributed by atoms with Crippen molar-refractivity contribution in [3.05, 3.63) is 40.3 Å². The molecular weight excluding hydrogens is 222 g/mol. The van der Waals surface area contributed by atoms with Crippen molar-refractivity contribution in [3.8, 4) is 6.07 Å². The number of ether oxygens (including phenoxy) is 1. The summed E-state index contributed by atoms with van der Waals surface area (Å²) in [6.07, 6.45) is 0. The second-order valence-electron chi connectivity index (χ2n) is 3.18. The van der Waals surface area contributed by atoms with E-state index in [0.717, 1.165) is 0 Å². The maximum atomic E-state index is 11.6. The Morgan fingerprint density at radius 1 is 1.41 bits per heavy atom. The summed E-state index contributed by atoms with van der Waals surface area (Å²) in [5.41, 5.74) is -0.382. The average Bonchev–Trinajstić information content (AvgIpc) is 2.37. The highest BCUT2D eigenvalue weighted by Crippen LogP contribution is 2.12. The van der Waals surface area contributed by atoms with Gasteiger partial charge in [0.05, 0.1) is 5.39 Å². The first-order valence-electron chi connectivity index (χ1n) is 4.75. The molecule has 0 fully saturated rings. The zero-order valence-corrected chi connectivity index (χ0v) is 8.64. The van der Waals surface area contributed by atoms with Gasteiger partial charge in [-0.1, -0.05) is 18.2 Å². The van der Waals surface area contributed by atoms with Crippen LogP contribution in [-0.4, -0.2) is 22.8 Å². The van der Waals surface area contributed by atoms with Crippen LogP contribution in [0.1, 0.15) is 10.5 Å². The first-order chi connectivity index (χ1) is 8.24. The molecule has 2 aromatic rings. The summed E-state index contributed by atoms with van der Waals surface area (Å²) in [5, 5.41) is 14.9. The van der Waals surface area contributed by atoms with Crippen LogP contribution in [0.25, 0.3) is 10.8 Å². The van der Waals surface area contributed by atoms with Gasteiger partial charge < -0.3 is 4.74 Å². The van der Waals surface area contributed by atoms with E-state index in [1.54, 1.807) is 30.3 Å². The van der Waals surface area contributed by atoms with E-state index in [1.807, 2.05) is 0 Å². The molecule has 0 spiro atoms. The van der Waals surface area contributed by atoms with Crippen LogP contribution in [0.5, 0.6) is 0 Å². The predicted octanol–water partition coefficient (Wildman–Crippen LogP) is 0.603. The quantitative estimate of drug-likeness (QED) is 0.761. The van der Waals surface area contributed by atoms with Crippen molar-refractivity contribution in [3.63, 3.8) is 0 Å². The minimum atomic E-state index is -0.737. The zero-order valence-electron chi connectivity index (χ0n) is 8.64. The van der Waals surface area contributed by atoms with Crippen LogP contribution in [0.4, 0.5) is 0 Å². The number of carbonyl (C=O) groups is 1. The van der Waals surface area contributed by atoms with Gasteiger partial charge >= 0.3 is 5.97 Å². The molecule has 0 bridgehead atoms. The number of benzene rings is 1. The van der Waals surface area contributed by atoms with E-state index in [2.05, 4.69) is 14.9 Å². The molecule has 6 nitrogen and oxygen atoms in total. The molecular formula is C11H7N3O3. The minimum Gasteiger partial charge on any atom is -0.445 e. The first kappa shape index (κ1) is 10.8. The Labute approximate surface area is 95.4 Å². The number of hydrogen-bond donors (Lipinski definition) is 1. The summed E-state index contributed by atoms with van der Waals surface area (Å²) < 4.78 is 4.64. The fourth-order valence-corrected chi connectivity index (χ4v) is 1.44. The Kier molecular flexibility index (Phi) is 2.83. The minimum absolute atomic E-state index is 0.00421.